The van der Waals surface area contributed by atoms with Crippen LogP contribution in [0.15, 0.2) is 12.7 Å². The van der Waals surface area contributed by atoms with Gasteiger partial charge in [-0.15, -0.1) is 6.58 Å². The van der Waals surface area contributed by atoms with E-state index in [1.807, 2.05) is 6.08 Å². The van der Waals surface area contributed by atoms with E-state index in [1.54, 1.807) is 0 Å². The van der Waals surface area contributed by atoms with Crippen LogP contribution >= 0.6 is 11.1 Å². The molecular formula is C4H11ClSi. The predicted molar refractivity (Wildman–Crippen MR) is 36.3 cm³/mol. The molecule has 0 saturated heterocycles. The van der Waals surface area contributed by atoms with Crippen molar-refractivity contribution in [1.82, 2.24) is 0 Å². The van der Waals surface area contributed by atoms with Gasteiger partial charge in [-0.2, -0.15) is 11.1 Å². The molecule has 0 aromatic rings. The summed E-state index contributed by atoms with van der Waals surface area (Å²) in [5, 5.41) is 0. The highest BCUT2D eigenvalue weighted by Crippen LogP contribution is 1.66. The lowest BCUT2D eigenvalue weighted by atomic mass is 10.5. The number of allylic oxidation sites excluding steroid dienone is 1. The van der Waals surface area contributed by atoms with E-state index in [0.29, 0.717) is 0 Å². The molecule has 0 rings (SSSR count). The van der Waals surface area contributed by atoms with Crippen molar-refractivity contribution in [3.63, 3.8) is 0 Å². The van der Waals surface area contributed by atoms with Gasteiger partial charge in [-0.05, 0) is 6.42 Å². The summed E-state index contributed by atoms with van der Waals surface area (Å²) in [5.41, 5.74) is 0. The number of hydrogen-bond donors (Lipinski definition) is 0. The normalized spacial score (nSPS) is 5.67. The van der Waals surface area contributed by atoms with Crippen molar-refractivity contribution < 1.29 is 0 Å². The van der Waals surface area contributed by atoms with E-state index in [9.17, 15) is 0 Å². The predicted octanol–water partition coefficient (Wildman–Crippen LogP) is 1.09. The first-order chi connectivity index (χ1) is 2.91. The summed E-state index contributed by atoms with van der Waals surface area (Å²) < 4.78 is 0. The number of rotatable bonds is 1. The maximum absolute atomic E-state index is 4.78. The second-order valence-corrected chi connectivity index (χ2v) is 0.697. The minimum Gasteiger partial charge on any atom is -0.181 e. The quantitative estimate of drug-likeness (QED) is 0.278. The van der Waals surface area contributed by atoms with E-state index in [2.05, 4.69) is 13.5 Å². The van der Waals surface area contributed by atoms with Crippen LogP contribution in [0, 0.1) is 0 Å². The molecule has 38 valence electrons. The van der Waals surface area contributed by atoms with Gasteiger partial charge in [0.05, 0.1) is 0 Å². The molecule has 0 aliphatic heterocycles. The highest BCUT2D eigenvalue weighted by Gasteiger charge is 1.45. The van der Waals surface area contributed by atoms with Crippen molar-refractivity contribution >= 4 is 20.6 Å². The van der Waals surface area contributed by atoms with Gasteiger partial charge >= 0.3 is 0 Å². The molecule has 2 heteroatoms. The molecule has 0 heterocycles. The lowest BCUT2D eigenvalue weighted by molar-refractivity contribution is 1.23. The Hall–Kier alpha value is 0.247. The summed E-state index contributed by atoms with van der Waals surface area (Å²) in [6.07, 6.45) is 2.96. The van der Waals surface area contributed by atoms with Crippen LogP contribution in [-0.2, 0) is 0 Å². The summed E-state index contributed by atoms with van der Waals surface area (Å²) >= 11 is 4.78. The van der Waals surface area contributed by atoms with Gasteiger partial charge in [0, 0.05) is 0 Å². The molecule has 0 N–H and O–H groups in total. The van der Waals surface area contributed by atoms with Gasteiger partial charge in [-0.1, -0.05) is 13.0 Å². The first kappa shape index (κ1) is 9.54. The Morgan fingerprint density at radius 2 is 2.00 bits per heavy atom. The Morgan fingerprint density at radius 1 is 1.83 bits per heavy atom. The molecular weight excluding hydrogens is 112 g/mol. The largest absolute Gasteiger partial charge is 0.181 e. The lowest BCUT2D eigenvalue weighted by Crippen LogP contribution is -1.36. The molecule has 0 unspecified atom stereocenters. The SMILES string of the molecule is C=CCC.[SiH3]Cl. The average Bonchev–Trinajstić information content (AvgIpc) is 1.72. The van der Waals surface area contributed by atoms with E-state index in [4.69, 9.17) is 11.1 Å². The number of hydrogen-bond acceptors (Lipinski definition) is 0. The molecule has 0 fully saturated rings. The minimum absolute atomic E-state index is 0.778. The fourth-order valence-corrected chi connectivity index (χ4v) is 0. The molecule has 0 saturated carbocycles. The van der Waals surface area contributed by atoms with Crippen LogP contribution in [0.4, 0.5) is 0 Å². The Labute approximate surface area is 47.3 Å². The zero-order chi connectivity index (χ0) is 5.41. The standard InChI is InChI=1S/C4H8.ClH3Si/c1-3-4-2;1-2/h3H,1,4H2,2H3;2H3. The van der Waals surface area contributed by atoms with Crippen molar-refractivity contribution in [3.05, 3.63) is 12.7 Å². The van der Waals surface area contributed by atoms with Crippen molar-refractivity contribution in [1.29, 1.82) is 0 Å². The molecule has 0 amide bonds. The van der Waals surface area contributed by atoms with Crippen molar-refractivity contribution in [3.8, 4) is 0 Å². The molecule has 0 aliphatic carbocycles. The van der Waals surface area contributed by atoms with Gasteiger partial charge in [0.2, 0.25) is 0 Å². The second kappa shape index (κ2) is 18.7. The summed E-state index contributed by atoms with van der Waals surface area (Å²) in [5.74, 6) is 0. The van der Waals surface area contributed by atoms with Gasteiger partial charge in [-0.3, -0.25) is 0 Å². The van der Waals surface area contributed by atoms with Crippen LogP contribution in [0.5, 0.6) is 0 Å². The summed E-state index contributed by atoms with van der Waals surface area (Å²) in [4.78, 5) is 0. The summed E-state index contributed by atoms with van der Waals surface area (Å²) in [6.45, 7) is 5.54. The van der Waals surface area contributed by atoms with E-state index >= 15 is 0 Å². The van der Waals surface area contributed by atoms with Crippen molar-refractivity contribution in [2.45, 2.75) is 13.3 Å². The summed E-state index contributed by atoms with van der Waals surface area (Å²) in [6, 6.07) is 0. The van der Waals surface area contributed by atoms with E-state index in [1.165, 1.54) is 0 Å². The number of halogens is 1. The third kappa shape index (κ3) is 28.8. The molecule has 0 aliphatic rings. The Bertz CT molecular complexity index is 21.5. The maximum atomic E-state index is 4.78. The fraction of sp³-hybridized carbons (Fsp3) is 0.500. The van der Waals surface area contributed by atoms with Gasteiger partial charge < -0.3 is 0 Å². The molecule has 6 heavy (non-hydrogen) atoms. The molecule has 0 aromatic carbocycles. The van der Waals surface area contributed by atoms with Gasteiger partial charge in [-0.25, -0.2) is 0 Å². The third-order valence-corrected chi connectivity index (χ3v) is 0.289. The highest BCUT2D eigenvalue weighted by atomic mass is 35.6. The van der Waals surface area contributed by atoms with E-state index < -0.39 is 0 Å². The van der Waals surface area contributed by atoms with Crippen LogP contribution in [-0.4, -0.2) is 9.55 Å². The third-order valence-electron chi connectivity index (χ3n) is 0.289. The Kier molecular flexibility index (Phi) is 29.8. The zero-order valence-electron chi connectivity index (χ0n) is 4.37. The minimum atomic E-state index is 0.778. The van der Waals surface area contributed by atoms with Crippen LogP contribution in [0.3, 0.4) is 0 Å². The lowest BCUT2D eigenvalue weighted by Gasteiger charge is -1.57. The van der Waals surface area contributed by atoms with Crippen LogP contribution < -0.4 is 0 Å². The van der Waals surface area contributed by atoms with Gasteiger partial charge in [0.1, 0.15) is 9.55 Å². The molecule has 0 spiro atoms. The van der Waals surface area contributed by atoms with Crippen molar-refractivity contribution in [2.24, 2.45) is 0 Å². The average molecular weight is 123 g/mol. The van der Waals surface area contributed by atoms with Crippen LogP contribution in [0.25, 0.3) is 0 Å². The molecule has 0 nitrogen and oxygen atoms in total. The van der Waals surface area contributed by atoms with E-state index in [0.717, 1.165) is 16.0 Å². The van der Waals surface area contributed by atoms with E-state index in [-0.39, 0.29) is 0 Å². The molecule has 0 bridgehead atoms. The summed E-state index contributed by atoms with van der Waals surface area (Å²) in [7, 11) is 0.778. The van der Waals surface area contributed by atoms with Crippen LogP contribution in [0.1, 0.15) is 13.3 Å². The van der Waals surface area contributed by atoms with Crippen molar-refractivity contribution in [2.75, 3.05) is 0 Å². The topological polar surface area (TPSA) is 0 Å². The Morgan fingerprint density at radius 3 is 2.00 bits per heavy atom. The Balaban J connectivity index is 0. The first-order valence-electron chi connectivity index (χ1n) is 1.90. The molecule has 0 atom stereocenters. The smallest absolute Gasteiger partial charge is 0.109 e. The fourth-order valence-electron chi connectivity index (χ4n) is 0. The monoisotopic (exact) mass is 122 g/mol. The first-order valence-corrected chi connectivity index (χ1v) is 4.93. The molecule has 0 aromatic heterocycles. The van der Waals surface area contributed by atoms with Crippen LogP contribution in [0.2, 0.25) is 0 Å². The van der Waals surface area contributed by atoms with Gasteiger partial charge in [0.15, 0.2) is 0 Å². The second-order valence-electron chi connectivity index (χ2n) is 0.697. The molecule has 0 radical (unpaired) electrons. The maximum Gasteiger partial charge on any atom is 0.109 e. The van der Waals surface area contributed by atoms with Gasteiger partial charge in [0.25, 0.3) is 0 Å². The highest BCUT2D eigenvalue weighted by molar-refractivity contribution is 6.80. The zero-order valence-corrected chi connectivity index (χ0v) is 7.13.